The van der Waals surface area contributed by atoms with Crippen molar-refractivity contribution in [2.24, 2.45) is 5.73 Å². The van der Waals surface area contributed by atoms with Gasteiger partial charge in [0.05, 0.1) is 16.2 Å². The maximum absolute atomic E-state index is 12.2. The normalized spacial score (nSPS) is 17.3. The molecule has 0 aliphatic heterocycles. The van der Waals surface area contributed by atoms with Gasteiger partial charge in [0.2, 0.25) is 5.91 Å². The van der Waals surface area contributed by atoms with Gasteiger partial charge in [0.15, 0.2) is 0 Å². The third-order valence-corrected chi connectivity index (χ3v) is 3.94. The third-order valence-electron chi connectivity index (χ3n) is 3.64. The van der Waals surface area contributed by atoms with Gasteiger partial charge in [-0.2, -0.15) is 0 Å². The number of carbonyl (C=O) groups is 1. The Morgan fingerprint density at radius 1 is 1.37 bits per heavy atom. The molecule has 19 heavy (non-hydrogen) atoms. The minimum absolute atomic E-state index is 0.112. The Hall–Kier alpha value is -1.26. The molecule has 1 amide bonds. The van der Waals surface area contributed by atoms with Crippen LogP contribution in [0.25, 0.3) is 0 Å². The maximum atomic E-state index is 12.2. The zero-order valence-corrected chi connectivity index (χ0v) is 12.1. The van der Waals surface area contributed by atoms with Crippen LogP contribution in [0.1, 0.15) is 25.7 Å². The molecule has 1 aromatic rings. The van der Waals surface area contributed by atoms with E-state index >= 15 is 0 Å². The molecular formula is C14H20ClN3O. The van der Waals surface area contributed by atoms with E-state index in [0.29, 0.717) is 10.7 Å². The molecule has 0 unspecified atom stereocenters. The lowest BCUT2D eigenvalue weighted by molar-refractivity contribution is -0.121. The van der Waals surface area contributed by atoms with Crippen LogP contribution in [-0.4, -0.2) is 25.5 Å². The molecule has 1 aromatic carbocycles. The zero-order valence-electron chi connectivity index (χ0n) is 11.4. The summed E-state index contributed by atoms with van der Waals surface area (Å²) in [5.41, 5.74) is 7.01. The zero-order chi connectivity index (χ0) is 14.0. The average Bonchev–Trinajstić information content (AvgIpc) is 2.77. The van der Waals surface area contributed by atoms with Crippen molar-refractivity contribution in [2.75, 3.05) is 24.3 Å². The van der Waals surface area contributed by atoms with Crippen LogP contribution in [0.5, 0.6) is 0 Å². The van der Waals surface area contributed by atoms with Gasteiger partial charge >= 0.3 is 0 Å². The number of carbonyl (C=O) groups excluding carboxylic acids is 1. The Balaban J connectivity index is 2.11. The van der Waals surface area contributed by atoms with E-state index in [1.54, 1.807) is 6.07 Å². The lowest BCUT2D eigenvalue weighted by Crippen LogP contribution is -2.48. The number of nitrogens with one attached hydrogen (secondary N) is 1. The van der Waals surface area contributed by atoms with Crippen LogP contribution in [0, 0.1) is 0 Å². The van der Waals surface area contributed by atoms with E-state index in [1.807, 2.05) is 31.1 Å². The predicted molar refractivity (Wildman–Crippen MR) is 79.8 cm³/mol. The number of halogens is 1. The van der Waals surface area contributed by atoms with Crippen LogP contribution in [0.4, 0.5) is 11.4 Å². The Morgan fingerprint density at radius 2 is 2.00 bits per heavy atom. The lowest BCUT2D eigenvalue weighted by atomic mass is 9.98. The first-order valence-electron chi connectivity index (χ1n) is 6.49. The Labute approximate surface area is 118 Å². The number of amides is 1. The van der Waals surface area contributed by atoms with Crippen molar-refractivity contribution in [2.45, 2.75) is 31.2 Å². The minimum atomic E-state index is -0.716. The highest BCUT2D eigenvalue weighted by Crippen LogP contribution is 2.30. The van der Waals surface area contributed by atoms with Crippen molar-refractivity contribution in [1.82, 2.24) is 0 Å². The monoisotopic (exact) mass is 281 g/mol. The first kappa shape index (κ1) is 14.2. The summed E-state index contributed by atoms with van der Waals surface area (Å²) in [6, 6.07) is 5.49. The second-order valence-corrected chi connectivity index (χ2v) is 5.79. The molecule has 2 rings (SSSR count). The molecule has 104 valence electrons. The topological polar surface area (TPSA) is 58.4 Å². The highest BCUT2D eigenvalue weighted by atomic mass is 35.5. The quantitative estimate of drug-likeness (QED) is 0.895. The van der Waals surface area contributed by atoms with Crippen LogP contribution in [0.3, 0.4) is 0 Å². The Bertz CT molecular complexity index is 482. The highest BCUT2D eigenvalue weighted by Gasteiger charge is 2.36. The minimum Gasteiger partial charge on any atom is -0.376 e. The largest absolute Gasteiger partial charge is 0.376 e. The summed E-state index contributed by atoms with van der Waals surface area (Å²) in [5.74, 6) is -0.112. The SMILES string of the molecule is CN(C)c1ccc(NC(=O)C2(N)CCCC2)cc1Cl. The van der Waals surface area contributed by atoms with Gasteiger partial charge in [-0.25, -0.2) is 0 Å². The van der Waals surface area contributed by atoms with Gasteiger partial charge in [0.1, 0.15) is 0 Å². The van der Waals surface area contributed by atoms with Crippen molar-refractivity contribution in [3.8, 4) is 0 Å². The molecule has 0 bridgehead atoms. The Kier molecular flexibility index (Phi) is 4.02. The van der Waals surface area contributed by atoms with Crippen molar-refractivity contribution in [3.63, 3.8) is 0 Å². The highest BCUT2D eigenvalue weighted by molar-refractivity contribution is 6.33. The van der Waals surface area contributed by atoms with Crippen molar-refractivity contribution < 1.29 is 4.79 Å². The van der Waals surface area contributed by atoms with Gasteiger partial charge in [-0.1, -0.05) is 24.4 Å². The van der Waals surface area contributed by atoms with Gasteiger partial charge in [0.25, 0.3) is 0 Å². The van der Waals surface area contributed by atoms with Crippen LogP contribution in [-0.2, 0) is 4.79 Å². The van der Waals surface area contributed by atoms with Gasteiger partial charge < -0.3 is 16.0 Å². The van der Waals surface area contributed by atoms with E-state index < -0.39 is 5.54 Å². The second kappa shape index (κ2) is 5.39. The molecule has 0 saturated heterocycles. The van der Waals surface area contributed by atoms with Crippen LogP contribution < -0.4 is 16.0 Å². The summed E-state index contributed by atoms with van der Waals surface area (Å²) in [6.07, 6.45) is 3.54. The third kappa shape index (κ3) is 3.01. The van der Waals surface area contributed by atoms with Crippen LogP contribution in [0.15, 0.2) is 18.2 Å². The number of anilines is 2. The molecule has 0 atom stereocenters. The Morgan fingerprint density at radius 3 is 2.53 bits per heavy atom. The fourth-order valence-corrected chi connectivity index (χ4v) is 2.79. The maximum Gasteiger partial charge on any atom is 0.244 e. The van der Waals surface area contributed by atoms with Crippen molar-refractivity contribution >= 4 is 28.9 Å². The molecular weight excluding hydrogens is 262 g/mol. The molecule has 5 heteroatoms. The molecule has 0 spiro atoms. The van der Waals surface area contributed by atoms with E-state index in [-0.39, 0.29) is 5.91 Å². The molecule has 0 radical (unpaired) electrons. The van der Waals surface area contributed by atoms with Gasteiger partial charge in [-0.15, -0.1) is 0 Å². The van der Waals surface area contributed by atoms with Crippen LogP contribution >= 0.6 is 11.6 Å². The number of rotatable bonds is 3. The summed E-state index contributed by atoms with van der Waals surface area (Å²) >= 11 is 6.18. The van der Waals surface area contributed by atoms with E-state index in [1.165, 1.54) is 0 Å². The summed E-state index contributed by atoms with van der Waals surface area (Å²) in [5, 5.41) is 3.48. The number of benzene rings is 1. The molecule has 4 nitrogen and oxygen atoms in total. The van der Waals surface area contributed by atoms with Crippen molar-refractivity contribution in [1.29, 1.82) is 0 Å². The van der Waals surface area contributed by atoms with Gasteiger partial charge in [-0.05, 0) is 31.0 Å². The number of nitrogens with two attached hydrogens (primary N) is 1. The molecule has 3 N–H and O–H groups in total. The first-order chi connectivity index (χ1) is 8.92. The molecule has 0 aromatic heterocycles. The second-order valence-electron chi connectivity index (χ2n) is 5.38. The summed E-state index contributed by atoms with van der Waals surface area (Å²) in [4.78, 5) is 14.1. The molecule has 1 saturated carbocycles. The fourth-order valence-electron chi connectivity index (χ4n) is 2.44. The van der Waals surface area contributed by atoms with E-state index in [0.717, 1.165) is 31.4 Å². The van der Waals surface area contributed by atoms with Gasteiger partial charge in [-0.3, -0.25) is 4.79 Å². The van der Waals surface area contributed by atoms with E-state index in [4.69, 9.17) is 17.3 Å². The van der Waals surface area contributed by atoms with Gasteiger partial charge in [0, 0.05) is 19.8 Å². The number of hydrogen-bond acceptors (Lipinski definition) is 3. The number of nitrogens with zero attached hydrogens (tertiary/aromatic N) is 1. The summed E-state index contributed by atoms with van der Waals surface area (Å²) in [6.45, 7) is 0. The predicted octanol–water partition coefficient (Wildman–Crippen LogP) is 2.62. The lowest BCUT2D eigenvalue weighted by Gasteiger charge is -2.22. The van der Waals surface area contributed by atoms with Crippen LogP contribution in [0.2, 0.25) is 5.02 Å². The van der Waals surface area contributed by atoms with E-state index in [2.05, 4.69) is 5.32 Å². The summed E-state index contributed by atoms with van der Waals surface area (Å²) in [7, 11) is 3.85. The molecule has 0 heterocycles. The average molecular weight is 282 g/mol. The standard InChI is InChI=1S/C14H20ClN3O/c1-18(2)12-6-5-10(9-11(12)15)17-13(19)14(16)7-3-4-8-14/h5-6,9H,3-4,7-8,16H2,1-2H3,(H,17,19). The van der Waals surface area contributed by atoms with Crippen molar-refractivity contribution in [3.05, 3.63) is 23.2 Å². The molecule has 1 aliphatic carbocycles. The molecule has 1 aliphatic rings. The smallest absolute Gasteiger partial charge is 0.244 e. The van der Waals surface area contributed by atoms with E-state index in [9.17, 15) is 4.79 Å². The fraction of sp³-hybridized carbons (Fsp3) is 0.500. The summed E-state index contributed by atoms with van der Waals surface area (Å²) < 4.78 is 0. The molecule has 1 fully saturated rings. The first-order valence-corrected chi connectivity index (χ1v) is 6.87. The number of hydrogen-bond donors (Lipinski definition) is 2.